The molecule has 1 amide bonds. The van der Waals surface area contributed by atoms with Crippen molar-refractivity contribution in [3.8, 4) is 0 Å². The van der Waals surface area contributed by atoms with E-state index in [1.165, 1.54) is 0 Å². The van der Waals surface area contributed by atoms with Gasteiger partial charge < -0.3 is 19.1 Å². The summed E-state index contributed by atoms with van der Waals surface area (Å²) in [7, 11) is 1.62. The van der Waals surface area contributed by atoms with Crippen molar-refractivity contribution in [1.29, 1.82) is 0 Å². The number of aryl methyl sites for hydroxylation is 1. The Bertz CT molecular complexity index is 548. The zero-order chi connectivity index (χ0) is 13.7. The van der Waals surface area contributed by atoms with E-state index in [4.69, 9.17) is 9.26 Å². The number of hydrogen-bond donors (Lipinski definition) is 1. The number of ether oxygens (including phenoxy) is 1. The lowest BCUT2D eigenvalue weighted by Crippen LogP contribution is -2.24. The molecule has 0 fully saturated rings. The molecule has 102 valence electrons. The Hall–Kier alpha value is -2.22. The molecule has 2 aromatic heterocycles. The topological polar surface area (TPSA) is 95.1 Å². The van der Waals surface area contributed by atoms with Crippen LogP contribution in [0, 0.1) is 6.92 Å². The van der Waals surface area contributed by atoms with Gasteiger partial charge in [-0.05, 0) is 6.92 Å². The highest BCUT2D eigenvalue weighted by Crippen LogP contribution is 2.02. The number of carbonyl (C=O) groups excluding carboxylic acids is 1. The molecule has 19 heavy (non-hydrogen) atoms. The van der Waals surface area contributed by atoms with Gasteiger partial charge in [-0.3, -0.25) is 4.79 Å². The van der Waals surface area contributed by atoms with Crippen molar-refractivity contribution in [2.75, 3.05) is 13.7 Å². The highest BCUT2D eigenvalue weighted by molar-refractivity contribution is 5.91. The fourth-order valence-electron chi connectivity index (χ4n) is 1.51. The average Bonchev–Trinajstić information content (AvgIpc) is 3.02. The quantitative estimate of drug-likeness (QED) is 0.799. The highest BCUT2D eigenvalue weighted by Gasteiger charge is 2.12. The Morgan fingerprint density at radius 2 is 2.42 bits per heavy atom. The Labute approximate surface area is 109 Å². The number of amides is 1. The number of nitrogens with zero attached hydrogens (tertiary/aromatic N) is 4. The largest absolute Gasteiger partial charge is 0.383 e. The molecule has 0 saturated carbocycles. The van der Waals surface area contributed by atoms with E-state index in [1.54, 1.807) is 26.4 Å². The van der Waals surface area contributed by atoms with Gasteiger partial charge in [-0.2, -0.15) is 0 Å². The molecule has 8 nitrogen and oxygen atoms in total. The summed E-state index contributed by atoms with van der Waals surface area (Å²) >= 11 is 0. The summed E-state index contributed by atoms with van der Waals surface area (Å²) in [6.07, 6.45) is 1.60. The van der Waals surface area contributed by atoms with Gasteiger partial charge >= 0.3 is 0 Å². The lowest BCUT2D eigenvalue weighted by molar-refractivity contribution is 0.0912. The molecule has 1 N–H and O–H groups in total. The van der Waals surface area contributed by atoms with Crippen LogP contribution < -0.4 is 5.32 Å². The van der Waals surface area contributed by atoms with Crippen LogP contribution in [0.4, 0.5) is 0 Å². The maximum atomic E-state index is 11.8. The minimum atomic E-state index is -0.332. The number of aromatic nitrogens is 4. The van der Waals surface area contributed by atoms with Gasteiger partial charge in [0, 0.05) is 19.7 Å². The third-order valence-corrected chi connectivity index (χ3v) is 2.49. The van der Waals surface area contributed by atoms with Crippen LogP contribution >= 0.6 is 0 Å². The molecule has 0 aliphatic heterocycles. The normalized spacial score (nSPS) is 10.6. The van der Waals surface area contributed by atoms with Crippen LogP contribution in [-0.4, -0.2) is 39.5 Å². The summed E-state index contributed by atoms with van der Waals surface area (Å²) in [4.78, 5) is 11.8. The molecule has 0 aliphatic rings. The highest BCUT2D eigenvalue weighted by atomic mass is 16.5. The van der Waals surface area contributed by atoms with Gasteiger partial charge in [-0.15, -0.1) is 10.2 Å². The predicted octanol–water partition coefficient (Wildman–Crippen LogP) is 0.151. The van der Waals surface area contributed by atoms with Crippen molar-refractivity contribution in [2.24, 2.45) is 0 Å². The molecule has 8 heteroatoms. The molecule has 0 aliphatic carbocycles. The average molecular weight is 265 g/mol. The summed E-state index contributed by atoms with van der Waals surface area (Å²) < 4.78 is 11.7. The van der Waals surface area contributed by atoms with Crippen molar-refractivity contribution in [1.82, 2.24) is 25.2 Å². The Kier molecular flexibility index (Phi) is 4.24. The fraction of sp³-hybridized carbons (Fsp3) is 0.455. The SMILES string of the molecule is COCCn1cnnc1CNC(=O)c1cc(C)no1. The van der Waals surface area contributed by atoms with E-state index in [-0.39, 0.29) is 18.2 Å². The van der Waals surface area contributed by atoms with Crippen molar-refractivity contribution < 1.29 is 14.1 Å². The maximum absolute atomic E-state index is 11.8. The van der Waals surface area contributed by atoms with Crippen LogP contribution in [0.15, 0.2) is 16.9 Å². The first-order chi connectivity index (χ1) is 9.20. The summed E-state index contributed by atoms with van der Waals surface area (Å²) in [6, 6.07) is 1.57. The zero-order valence-corrected chi connectivity index (χ0v) is 10.8. The van der Waals surface area contributed by atoms with Gasteiger partial charge in [-0.25, -0.2) is 0 Å². The second kappa shape index (κ2) is 6.10. The predicted molar refractivity (Wildman–Crippen MR) is 64.3 cm³/mol. The first-order valence-electron chi connectivity index (χ1n) is 5.78. The van der Waals surface area contributed by atoms with Gasteiger partial charge in [0.15, 0.2) is 5.82 Å². The third-order valence-electron chi connectivity index (χ3n) is 2.49. The monoisotopic (exact) mass is 265 g/mol. The fourth-order valence-corrected chi connectivity index (χ4v) is 1.51. The van der Waals surface area contributed by atoms with Crippen LogP contribution in [0.1, 0.15) is 22.1 Å². The Morgan fingerprint density at radius 3 is 3.11 bits per heavy atom. The minimum absolute atomic E-state index is 0.181. The van der Waals surface area contributed by atoms with Crippen molar-refractivity contribution in [2.45, 2.75) is 20.0 Å². The van der Waals surface area contributed by atoms with Gasteiger partial charge in [-0.1, -0.05) is 5.16 Å². The van der Waals surface area contributed by atoms with Crippen molar-refractivity contribution in [3.05, 3.63) is 29.7 Å². The number of methoxy groups -OCH3 is 1. The van der Waals surface area contributed by atoms with Crippen molar-refractivity contribution >= 4 is 5.91 Å². The number of nitrogens with one attached hydrogen (secondary N) is 1. The minimum Gasteiger partial charge on any atom is -0.383 e. The van der Waals surface area contributed by atoms with Crippen LogP contribution in [0.3, 0.4) is 0 Å². The maximum Gasteiger partial charge on any atom is 0.290 e. The number of hydrogen-bond acceptors (Lipinski definition) is 6. The zero-order valence-electron chi connectivity index (χ0n) is 10.8. The van der Waals surface area contributed by atoms with Gasteiger partial charge in [0.25, 0.3) is 5.91 Å². The molecule has 2 rings (SSSR count). The van der Waals surface area contributed by atoms with E-state index in [0.29, 0.717) is 24.7 Å². The van der Waals surface area contributed by atoms with E-state index in [2.05, 4.69) is 20.7 Å². The smallest absolute Gasteiger partial charge is 0.290 e. The van der Waals surface area contributed by atoms with Gasteiger partial charge in [0.1, 0.15) is 6.33 Å². The molecule has 0 bridgehead atoms. The second-order valence-corrected chi connectivity index (χ2v) is 3.95. The Balaban J connectivity index is 1.91. The van der Waals surface area contributed by atoms with Gasteiger partial charge in [0.2, 0.25) is 5.76 Å². The van der Waals surface area contributed by atoms with E-state index in [1.807, 2.05) is 4.57 Å². The lowest BCUT2D eigenvalue weighted by Gasteiger charge is -2.06. The first-order valence-corrected chi connectivity index (χ1v) is 5.78. The van der Waals surface area contributed by atoms with Crippen molar-refractivity contribution in [3.63, 3.8) is 0 Å². The molecule has 0 aromatic carbocycles. The summed E-state index contributed by atoms with van der Waals surface area (Å²) in [5.41, 5.74) is 0.661. The van der Waals surface area contributed by atoms with E-state index < -0.39 is 0 Å². The summed E-state index contributed by atoms with van der Waals surface area (Å²) in [6.45, 7) is 3.21. The number of rotatable bonds is 6. The van der Waals surface area contributed by atoms with E-state index in [9.17, 15) is 4.79 Å². The van der Waals surface area contributed by atoms with E-state index in [0.717, 1.165) is 0 Å². The molecule has 0 unspecified atom stereocenters. The van der Waals surface area contributed by atoms with Gasteiger partial charge in [0.05, 0.1) is 18.8 Å². The molecule has 0 saturated heterocycles. The molecule has 2 heterocycles. The summed E-state index contributed by atoms with van der Waals surface area (Å²) in [5, 5.41) is 14.1. The number of carbonyl (C=O) groups is 1. The van der Waals surface area contributed by atoms with Crippen LogP contribution in [-0.2, 0) is 17.8 Å². The molecular formula is C11H15N5O3. The van der Waals surface area contributed by atoms with Crippen LogP contribution in [0.2, 0.25) is 0 Å². The molecular weight excluding hydrogens is 250 g/mol. The van der Waals surface area contributed by atoms with Crippen LogP contribution in [0.25, 0.3) is 0 Å². The third kappa shape index (κ3) is 3.38. The van der Waals surface area contributed by atoms with E-state index >= 15 is 0 Å². The second-order valence-electron chi connectivity index (χ2n) is 3.95. The molecule has 0 atom stereocenters. The lowest BCUT2D eigenvalue weighted by atomic mass is 10.3. The molecule has 0 spiro atoms. The Morgan fingerprint density at radius 1 is 1.58 bits per heavy atom. The molecule has 0 radical (unpaired) electrons. The standard InChI is InChI=1S/C11H15N5O3/c1-8-5-9(19-15-8)11(17)12-6-10-14-13-7-16(10)3-4-18-2/h5,7H,3-4,6H2,1-2H3,(H,12,17). The molecule has 2 aromatic rings. The first kappa shape index (κ1) is 13.2. The summed E-state index contributed by atoms with van der Waals surface area (Å²) in [5.74, 6) is 0.504. The van der Waals surface area contributed by atoms with Crippen LogP contribution in [0.5, 0.6) is 0 Å².